The average Bonchev–Trinajstić information content (AvgIpc) is 2.57. The molecule has 0 radical (unpaired) electrons. The molecule has 1 aliphatic rings. The molecule has 1 unspecified atom stereocenters. The molecule has 1 atom stereocenters. The van der Waals surface area contributed by atoms with E-state index < -0.39 is 7.12 Å². The van der Waals surface area contributed by atoms with E-state index in [-0.39, 0.29) is 6.15 Å². The highest BCUT2D eigenvalue weighted by atomic mass is 16.4. The first kappa shape index (κ1) is 13.3. The third kappa shape index (κ3) is 7.95. The van der Waals surface area contributed by atoms with Crippen LogP contribution in [0.25, 0.3) is 0 Å². The van der Waals surface area contributed by atoms with E-state index in [4.69, 9.17) is 19.6 Å². The topological polar surface area (TPSA) is 86.6 Å². The van der Waals surface area contributed by atoms with Crippen LogP contribution in [0.4, 0.5) is 0 Å². The monoisotopic (exact) mass is 201 g/mol. The lowest BCUT2D eigenvalue weighted by Gasteiger charge is -2.06. The summed E-state index contributed by atoms with van der Waals surface area (Å²) in [5.41, 5.74) is 0. The molecule has 1 aliphatic heterocycles. The Bertz CT molecular complexity index is 165. The molecule has 0 saturated carbocycles. The molecule has 3 N–H and O–H groups in total. The van der Waals surface area contributed by atoms with Crippen LogP contribution in [0.15, 0.2) is 0 Å². The molecular formula is C8H16BNO4. The normalized spacial score (nSPS) is 19.4. The predicted molar refractivity (Wildman–Crippen MR) is 50.2 cm³/mol. The van der Waals surface area contributed by atoms with Crippen molar-refractivity contribution in [2.24, 2.45) is 5.92 Å². The molecule has 80 valence electrons. The summed E-state index contributed by atoms with van der Waals surface area (Å²) in [4.78, 5) is 16.2. The lowest BCUT2D eigenvalue weighted by Crippen LogP contribution is -2.12. The molecule has 6 heteroatoms. The second-order valence-corrected chi connectivity index (χ2v) is 3.35. The second kappa shape index (κ2) is 8.90. The standard InChI is InChI=1S/C7H16BNO2.CO2/c10-8(11)4-1-2-7-3-5-9-6-7;2-1-3/h7,9-11H,1-6H2;. The maximum Gasteiger partial charge on any atom is 0.451 e. The van der Waals surface area contributed by atoms with Gasteiger partial charge in [0.2, 0.25) is 0 Å². The third-order valence-electron chi connectivity index (χ3n) is 2.24. The fraction of sp³-hybridized carbons (Fsp3) is 0.875. The lowest BCUT2D eigenvalue weighted by atomic mass is 9.82. The van der Waals surface area contributed by atoms with Crippen molar-refractivity contribution in [1.82, 2.24) is 5.32 Å². The van der Waals surface area contributed by atoms with Gasteiger partial charge in [0.15, 0.2) is 0 Å². The van der Waals surface area contributed by atoms with E-state index in [9.17, 15) is 0 Å². The first-order chi connectivity index (χ1) is 6.70. The molecule has 1 rings (SSSR count). The van der Waals surface area contributed by atoms with Crippen molar-refractivity contribution < 1.29 is 19.6 Å². The zero-order valence-corrected chi connectivity index (χ0v) is 8.11. The minimum absolute atomic E-state index is 0.250. The van der Waals surface area contributed by atoms with E-state index in [1.165, 1.54) is 6.42 Å². The Morgan fingerprint density at radius 3 is 2.50 bits per heavy atom. The van der Waals surface area contributed by atoms with Gasteiger partial charge in [0.05, 0.1) is 0 Å². The molecule has 0 aliphatic carbocycles. The number of nitrogens with one attached hydrogen (secondary N) is 1. The molecule has 0 amide bonds. The van der Waals surface area contributed by atoms with Crippen LogP contribution >= 0.6 is 0 Å². The lowest BCUT2D eigenvalue weighted by molar-refractivity contribution is -0.191. The Hall–Kier alpha value is -0.675. The van der Waals surface area contributed by atoms with Crippen LogP contribution in [-0.4, -0.2) is 36.4 Å². The van der Waals surface area contributed by atoms with Gasteiger partial charge in [0.25, 0.3) is 0 Å². The molecule has 14 heavy (non-hydrogen) atoms. The third-order valence-corrected chi connectivity index (χ3v) is 2.24. The molecule has 0 spiro atoms. The van der Waals surface area contributed by atoms with Gasteiger partial charge in [-0.15, -0.1) is 0 Å². The summed E-state index contributed by atoms with van der Waals surface area (Å²) in [7, 11) is -1.11. The average molecular weight is 201 g/mol. The highest BCUT2D eigenvalue weighted by Crippen LogP contribution is 2.15. The van der Waals surface area contributed by atoms with E-state index in [2.05, 4.69) is 5.32 Å². The van der Waals surface area contributed by atoms with Crippen LogP contribution in [0.3, 0.4) is 0 Å². The van der Waals surface area contributed by atoms with Gasteiger partial charge >= 0.3 is 13.3 Å². The molecule has 1 heterocycles. The second-order valence-electron chi connectivity index (χ2n) is 3.35. The molecule has 0 aromatic heterocycles. The minimum Gasteiger partial charge on any atom is -0.427 e. The summed E-state index contributed by atoms with van der Waals surface area (Å²) < 4.78 is 0. The number of carbonyl (C=O) groups excluding carboxylic acids is 2. The van der Waals surface area contributed by atoms with E-state index >= 15 is 0 Å². The first-order valence-electron chi connectivity index (χ1n) is 4.76. The maximum atomic E-state index is 8.57. The molecule has 5 nitrogen and oxygen atoms in total. The fourth-order valence-electron chi connectivity index (χ4n) is 1.55. The quantitative estimate of drug-likeness (QED) is 0.521. The smallest absolute Gasteiger partial charge is 0.427 e. The minimum atomic E-state index is -1.11. The van der Waals surface area contributed by atoms with E-state index in [1.54, 1.807) is 0 Å². The number of rotatable bonds is 4. The van der Waals surface area contributed by atoms with Crippen LogP contribution in [0.1, 0.15) is 19.3 Å². The molecule has 0 aromatic rings. The van der Waals surface area contributed by atoms with E-state index in [1.807, 2.05) is 0 Å². The van der Waals surface area contributed by atoms with Gasteiger partial charge in [-0.25, -0.2) is 0 Å². The van der Waals surface area contributed by atoms with Crippen molar-refractivity contribution >= 4 is 13.3 Å². The van der Waals surface area contributed by atoms with Gasteiger partial charge in [-0.3, -0.25) is 0 Å². The van der Waals surface area contributed by atoms with Crippen molar-refractivity contribution in [1.29, 1.82) is 0 Å². The zero-order chi connectivity index (χ0) is 10.8. The summed E-state index contributed by atoms with van der Waals surface area (Å²) in [6.45, 7) is 2.24. The summed E-state index contributed by atoms with van der Waals surface area (Å²) in [5, 5.41) is 20.4. The van der Waals surface area contributed by atoms with Gasteiger partial charge in [-0.05, 0) is 38.2 Å². The zero-order valence-electron chi connectivity index (χ0n) is 8.11. The van der Waals surface area contributed by atoms with Crippen molar-refractivity contribution in [3.8, 4) is 0 Å². The Kier molecular flexibility index (Phi) is 8.47. The highest BCUT2D eigenvalue weighted by Gasteiger charge is 2.15. The van der Waals surface area contributed by atoms with E-state index in [0.29, 0.717) is 6.32 Å². The Morgan fingerprint density at radius 2 is 2.07 bits per heavy atom. The largest absolute Gasteiger partial charge is 0.451 e. The van der Waals surface area contributed by atoms with Crippen molar-refractivity contribution in [3.05, 3.63) is 0 Å². The Labute approximate surface area is 83.6 Å². The summed E-state index contributed by atoms with van der Waals surface area (Å²) in [5.74, 6) is 0.772. The first-order valence-corrected chi connectivity index (χ1v) is 4.76. The van der Waals surface area contributed by atoms with Gasteiger partial charge in [-0.2, -0.15) is 9.59 Å². The van der Waals surface area contributed by atoms with Crippen LogP contribution in [0.2, 0.25) is 6.32 Å². The fourth-order valence-corrected chi connectivity index (χ4v) is 1.55. The molecule has 1 saturated heterocycles. The van der Waals surface area contributed by atoms with Crippen molar-refractivity contribution in [2.75, 3.05) is 13.1 Å². The molecule has 0 bridgehead atoms. The van der Waals surface area contributed by atoms with Gasteiger partial charge in [0, 0.05) is 0 Å². The summed E-state index contributed by atoms with van der Waals surface area (Å²) in [6.07, 6.45) is 4.09. The maximum absolute atomic E-state index is 8.57. The van der Waals surface area contributed by atoms with Crippen LogP contribution in [0, 0.1) is 5.92 Å². The summed E-state index contributed by atoms with van der Waals surface area (Å²) in [6, 6.07) is 0. The van der Waals surface area contributed by atoms with Crippen molar-refractivity contribution in [3.63, 3.8) is 0 Å². The van der Waals surface area contributed by atoms with Crippen molar-refractivity contribution in [2.45, 2.75) is 25.6 Å². The highest BCUT2D eigenvalue weighted by molar-refractivity contribution is 6.40. The molecular weight excluding hydrogens is 185 g/mol. The van der Waals surface area contributed by atoms with E-state index in [0.717, 1.165) is 31.8 Å². The van der Waals surface area contributed by atoms with Gasteiger partial charge < -0.3 is 15.4 Å². The van der Waals surface area contributed by atoms with Crippen LogP contribution < -0.4 is 5.32 Å². The molecule has 1 fully saturated rings. The van der Waals surface area contributed by atoms with Gasteiger partial charge in [0.1, 0.15) is 0 Å². The Morgan fingerprint density at radius 1 is 1.43 bits per heavy atom. The SMILES string of the molecule is O=C=O.OB(O)CCCC1CCNC1. The van der Waals surface area contributed by atoms with Gasteiger partial charge in [-0.1, -0.05) is 6.42 Å². The van der Waals surface area contributed by atoms with Crippen LogP contribution in [-0.2, 0) is 9.59 Å². The predicted octanol–water partition coefficient (Wildman–Crippen LogP) is -0.735. The number of hydrogen-bond donors (Lipinski definition) is 3. The summed E-state index contributed by atoms with van der Waals surface area (Å²) >= 11 is 0. The Balaban J connectivity index is 0.000000500. The van der Waals surface area contributed by atoms with Crippen LogP contribution in [0.5, 0.6) is 0 Å². The number of hydrogen-bond acceptors (Lipinski definition) is 5. The molecule has 0 aromatic carbocycles.